The molecule has 3 N–H and O–H groups in total. The number of anilines is 1. The first-order valence-electron chi connectivity index (χ1n) is 10.5. The number of piperidine rings is 1. The van der Waals surface area contributed by atoms with Gasteiger partial charge in [0.15, 0.2) is 0 Å². The molecule has 32 heavy (non-hydrogen) atoms. The molecule has 0 unspecified atom stereocenters. The lowest BCUT2D eigenvalue weighted by Crippen LogP contribution is -2.67. The van der Waals surface area contributed by atoms with Crippen molar-refractivity contribution in [3.8, 4) is 5.75 Å². The predicted molar refractivity (Wildman–Crippen MR) is 121 cm³/mol. The van der Waals surface area contributed by atoms with Gasteiger partial charge in [0.05, 0.1) is 7.11 Å². The molecular formula is C23H25ClN4O4. The summed E-state index contributed by atoms with van der Waals surface area (Å²) in [6, 6.07) is 12.5. The van der Waals surface area contributed by atoms with Gasteiger partial charge in [-0.1, -0.05) is 23.7 Å². The van der Waals surface area contributed by atoms with Crippen LogP contribution in [0.2, 0.25) is 5.02 Å². The number of halogens is 1. The van der Waals surface area contributed by atoms with E-state index >= 15 is 0 Å². The molecule has 2 fully saturated rings. The molecule has 2 heterocycles. The Hall–Kier alpha value is -3.26. The smallest absolute Gasteiger partial charge is 0.319 e. The van der Waals surface area contributed by atoms with Crippen molar-refractivity contribution in [1.82, 2.24) is 15.5 Å². The van der Waals surface area contributed by atoms with Gasteiger partial charge in [0.25, 0.3) is 0 Å². The van der Waals surface area contributed by atoms with E-state index in [1.54, 1.807) is 48.4 Å². The highest BCUT2D eigenvalue weighted by Crippen LogP contribution is 2.24. The number of carbonyl (C=O) groups is 3. The van der Waals surface area contributed by atoms with Crippen molar-refractivity contribution in [2.24, 2.45) is 0 Å². The quantitative estimate of drug-likeness (QED) is 0.643. The molecule has 0 spiro atoms. The first-order chi connectivity index (χ1) is 15.4. The summed E-state index contributed by atoms with van der Waals surface area (Å²) in [4.78, 5) is 39.7. The molecular weight excluding hydrogens is 432 g/mol. The van der Waals surface area contributed by atoms with Gasteiger partial charge in [-0.15, -0.1) is 0 Å². The molecule has 0 saturated carbocycles. The van der Waals surface area contributed by atoms with Crippen LogP contribution in [0.5, 0.6) is 5.75 Å². The van der Waals surface area contributed by atoms with E-state index in [4.69, 9.17) is 16.3 Å². The normalized spacial score (nSPS) is 22.6. The van der Waals surface area contributed by atoms with Gasteiger partial charge in [0.2, 0.25) is 11.8 Å². The number of methoxy groups -OCH3 is 1. The van der Waals surface area contributed by atoms with Gasteiger partial charge in [-0.2, -0.15) is 0 Å². The molecule has 0 radical (unpaired) electrons. The molecule has 2 aromatic rings. The zero-order valence-corrected chi connectivity index (χ0v) is 18.4. The minimum Gasteiger partial charge on any atom is -0.497 e. The number of carbonyl (C=O) groups excluding carboxylic acids is 3. The summed E-state index contributed by atoms with van der Waals surface area (Å²) in [5.74, 6) is 0.419. The molecule has 9 heteroatoms. The number of nitrogens with one attached hydrogen (secondary N) is 3. The Morgan fingerprint density at radius 2 is 1.88 bits per heavy atom. The SMILES string of the molecule is COc1ccc(NC(=O)N[C@H]2CCN3C(=O)[C@@H](Cc4ccc(Cl)cc4)NC(=O)[C@@H]3C2)cc1. The molecule has 0 bridgehead atoms. The maximum absolute atomic E-state index is 13.0. The number of fused-ring (bicyclic) bond motifs is 1. The fourth-order valence-electron chi connectivity index (χ4n) is 4.16. The van der Waals surface area contributed by atoms with Gasteiger partial charge < -0.3 is 25.6 Å². The molecule has 2 aliphatic heterocycles. The largest absolute Gasteiger partial charge is 0.497 e. The second kappa shape index (κ2) is 9.48. The van der Waals surface area contributed by atoms with Gasteiger partial charge in [0, 0.05) is 29.7 Å². The Morgan fingerprint density at radius 3 is 2.56 bits per heavy atom. The predicted octanol–water partition coefficient (Wildman–Crippen LogP) is 2.57. The molecule has 0 aromatic heterocycles. The van der Waals surface area contributed by atoms with Crippen LogP contribution < -0.4 is 20.7 Å². The maximum atomic E-state index is 13.0. The third-order valence-corrected chi connectivity index (χ3v) is 6.09. The van der Waals surface area contributed by atoms with Crippen molar-refractivity contribution in [2.75, 3.05) is 19.0 Å². The minimum atomic E-state index is -0.595. The van der Waals surface area contributed by atoms with Crippen molar-refractivity contribution in [3.05, 3.63) is 59.1 Å². The number of amides is 4. The molecule has 0 aliphatic carbocycles. The van der Waals surface area contributed by atoms with E-state index in [-0.39, 0.29) is 23.9 Å². The van der Waals surface area contributed by atoms with Gasteiger partial charge in [-0.05, 0) is 54.8 Å². The number of ether oxygens (including phenoxy) is 1. The van der Waals surface area contributed by atoms with E-state index in [1.807, 2.05) is 12.1 Å². The van der Waals surface area contributed by atoms with Crippen molar-refractivity contribution in [1.29, 1.82) is 0 Å². The number of nitrogens with zero attached hydrogens (tertiary/aromatic N) is 1. The van der Waals surface area contributed by atoms with Crippen LogP contribution in [0.25, 0.3) is 0 Å². The van der Waals surface area contributed by atoms with Crippen LogP contribution in [-0.4, -0.2) is 54.5 Å². The van der Waals surface area contributed by atoms with E-state index in [1.165, 1.54) is 0 Å². The highest BCUT2D eigenvalue weighted by atomic mass is 35.5. The monoisotopic (exact) mass is 456 g/mol. The van der Waals surface area contributed by atoms with Crippen molar-refractivity contribution in [3.63, 3.8) is 0 Å². The topological polar surface area (TPSA) is 99.8 Å². The fourth-order valence-corrected chi connectivity index (χ4v) is 4.29. The molecule has 2 aromatic carbocycles. The molecule has 4 rings (SSSR count). The number of hydrogen-bond acceptors (Lipinski definition) is 4. The number of piperazine rings is 1. The lowest BCUT2D eigenvalue weighted by Gasteiger charge is -2.44. The average Bonchev–Trinajstić information content (AvgIpc) is 2.79. The van der Waals surface area contributed by atoms with Gasteiger partial charge in [0.1, 0.15) is 17.8 Å². The van der Waals surface area contributed by atoms with Crippen LogP contribution in [0, 0.1) is 0 Å². The van der Waals surface area contributed by atoms with Crippen LogP contribution in [0.15, 0.2) is 48.5 Å². The summed E-state index contributed by atoms with van der Waals surface area (Å²) in [6.07, 6.45) is 1.37. The van der Waals surface area contributed by atoms with Crippen LogP contribution >= 0.6 is 11.6 Å². The van der Waals surface area contributed by atoms with E-state index in [2.05, 4.69) is 16.0 Å². The Bertz CT molecular complexity index is 996. The molecule has 168 valence electrons. The summed E-state index contributed by atoms with van der Waals surface area (Å²) in [5, 5.41) is 9.16. The summed E-state index contributed by atoms with van der Waals surface area (Å²) in [7, 11) is 1.58. The zero-order chi connectivity index (χ0) is 22.7. The van der Waals surface area contributed by atoms with Crippen LogP contribution in [-0.2, 0) is 16.0 Å². The number of hydrogen-bond donors (Lipinski definition) is 3. The summed E-state index contributed by atoms with van der Waals surface area (Å²) in [5.41, 5.74) is 1.56. The lowest BCUT2D eigenvalue weighted by atomic mass is 9.91. The van der Waals surface area contributed by atoms with Crippen LogP contribution in [0.1, 0.15) is 18.4 Å². The third kappa shape index (κ3) is 4.96. The lowest BCUT2D eigenvalue weighted by molar-refractivity contribution is -0.151. The van der Waals surface area contributed by atoms with Crippen LogP contribution in [0.3, 0.4) is 0 Å². The minimum absolute atomic E-state index is 0.0920. The van der Waals surface area contributed by atoms with Gasteiger partial charge >= 0.3 is 6.03 Å². The molecule has 3 atom stereocenters. The van der Waals surface area contributed by atoms with Crippen molar-refractivity contribution < 1.29 is 19.1 Å². The second-order valence-electron chi connectivity index (χ2n) is 7.99. The molecule has 2 saturated heterocycles. The van der Waals surface area contributed by atoms with Gasteiger partial charge in [-0.25, -0.2) is 4.79 Å². The van der Waals surface area contributed by atoms with E-state index in [0.29, 0.717) is 42.3 Å². The fraction of sp³-hybridized carbons (Fsp3) is 0.348. The number of rotatable bonds is 5. The zero-order valence-electron chi connectivity index (χ0n) is 17.6. The Kier molecular flexibility index (Phi) is 6.50. The Balaban J connectivity index is 1.33. The molecule has 2 aliphatic rings. The van der Waals surface area contributed by atoms with E-state index in [0.717, 1.165) is 5.56 Å². The molecule has 8 nitrogen and oxygen atoms in total. The van der Waals surface area contributed by atoms with Crippen molar-refractivity contribution >= 4 is 35.1 Å². The second-order valence-corrected chi connectivity index (χ2v) is 8.42. The first kappa shape index (κ1) is 22.0. The van der Waals surface area contributed by atoms with E-state index < -0.39 is 12.1 Å². The summed E-state index contributed by atoms with van der Waals surface area (Å²) in [6.45, 7) is 0.418. The standard InChI is InChI=1S/C23H25ClN4O4/c1-32-18-8-6-16(7-9-18)25-23(31)26-17-10-11-28-20(13-17)21(29)27-19(22(28)30)12-14-2-4-15(24)5-3-14/h2-9,17,19-20H,10-13H2,1H3,(H,27,29)(H2,25,26,31)/t17-,19+,20-/m0/s1. The summed E-state index contributed by atoms with van der Waals surface area (Å²) < 4.78 is 5.11. The molecule has 4 amide bonds. The van der Waals surface area contributed by atoms with Gasteiger partial charge in [-0.3, -0.25) is 9.59 Å². The third-order valence-electron chi connectivity index (χ3n) is 5.84. The maximum Gasteiger partial charge on any atom is 0.319 e. The Labute approximate surface area is 191 Å². The van der Waals surface area contributed by atoms with E-state index in [9.17, 15) is 14.4 Å². The highest BCUT2D eigenvalue weighted by molar-refractivity contribution is 6.30. The summed E-state index contributed by atoms with van der Waals surface area (Å²) >= 11 is 5.92. The van der Waals surface area contributed by atoms with Crippen LogP contribution in [0.4, 0.5) is 10.5 Å². The number of benzene rings is 2. The number of urea groups is 1. The Morgan fingerprint density at radius 1 is 1.16 bits per heavy atom. The van der Waals surface area contributed by atoms with Crippen molar-refractivity contribution in [2.45, 2.75) is 37.4 Å². The average molecular weight is 457 g/mol. The highest BCUT2D eigenvalue weighted by Gasteiger charge is 2.44. The first-order valence-corrected chi connectivity index (χ1v) is 10.9.